The lowest BCUT2D eigenvalue weighted by molar-refractivity contribution is -0.139. The van der Waals surface area contributed by atoms with Crippen molar-refractivity contribution in [3.05, 3.63) is 0 Å². The smallest absolute Gasteiger partial charge is 0.227 e. The lowest BCUT2D eigenvalue weighted by atomic mass is 9.91. The van der Waals surface area contributed by atoms with Crippen molar-refractivity contribution in [2.45, 2.75) is 57.9 Å². The van der Waals surface area contributed by atoms with E-state index in [1.165, 1.54) is 6.42 Å². The van der Waals surface area contributed by atoms with Gasteiger partial charge in [0.25, 0.3) is 0 Å². The molecule has 120 valence electrons. The molecule has 1 heterocycles. The van der Waals surface area contributed by atoms with Gasteiger partial charge in [0.2, 0.25) is 11.8 Å². The minimum atomic E-state index is -0.00600. The third-order valence-electron chi connectivity index (χ3n) is 4.92. The number of amides is 2. The summed E-state index contributed by atoms with van der Waals surface area (Å²) in [6, 6.07) is 0.0149. The van der Waals surface area contributed by atoms with Crippen molar-refractivity contribution in [3.8, 4) is 0 Å². The number of piperidine rings is 1. The number of carbonyl (C=O) groups is 2. The lowest BCUT2D eigenvalue weighted by Crippen LogP contribution is -2.48. The molecule has 0 aromatic heterocycles. The molecule has 2 unspecified atom stereocenters. The van der Waals surface area contributed by atoms with Crippen LogP contribution in [0.25, 0.3) is 0 Å². The van der Waals surface area contributed by atoms with Crippen LogP contribution in [-0.4, -0.2) is 42.4 Å². The molecule has 1 saturated heterocycles. The van der Waals surface area contributed by atoms with Crippen LogP contribution in [0.15, 0.2) is 0 Å². The van der Waals surface area contributed by atoms with Gasteiger partial charge in [-0.05, 0) is 32.6 Å². The zero-order chi connectivity index (χ0) is 15.2. The van der Waals surface area contributed by atoms with E-state index in [-0.39, 0.29) is 29.7 Å². The summed E-state index contributed by atoms with van der Waals surface area (Å²) in [5, 5.41) is 2.88. The Hall–Kier alpha value is -1.10. The Morgan fingerprint density at radius 1 is 1.10 bits per heavy atom. The Bertz CT molecular complexity index is 365. The normalized spacial score (nSPS) is 28.0. The molecule has 0 aromatic rings. The van der Waals surface area contributed by atoms with Crippen LogP contribution in [0.3, 0.4) is 0 Å². The van der Waals surface area contributed by atoms with Gasteiger partial charge in [0.15, 0.2) is 0 Å². The number of nitrogens with zero attached hydrogens (tertiary/aromatic N) is 1. The third-order valence-corrected chi connectivity index (χ3v) is 4.92. The maximum atomic E-state index is 12.7. The lowest BCUT2D eigenvalue weighted by Gasteiger charge is -2.34. The van der Waals surface area contributed by atoms with E-state index in [0.29, 0.717) is 19.6 Å². The van der Waals surface area contributed by atoms with Crippen LogP contribution in [0.5, 0.6) is 0 Å². The molecular weight excluding hydrogens is 266 g/mol. The first kappa shape index (κ1) is 16.3. The maximum Gasteiger partial charge on any atom is 0.227 e. The molecule has 5 nitrogen and oxygen atoms in total. The Balaban J connectivity index is 1.86. The number of hydrogen-bond acceptors (Lipinski definition) is 3. The van der Waals surface area contributed by atoms with Gasteiger partial charge < -0.3 is 16.0 Å². The van der Waals surface area contributed by atoms with E-state index < -0.39 is 0 Å². The molecule has 0 radical (unpaired) electrons. The topological polar surface area (TPSA) is 75.4 Å². The molecule has 2 amide bonds. The maximum absolute atomic E-state index is 12.7. The van der Waals surface area contributed by atoms with Gasteiger partial charge in [0.1, 0.15) is 0 Å². The van der Waals surface area contributed by atoms with Gasteiger partial charge in [-0.25, -0.2) is 0 Å². The van der Waals surface area contributed by atoms with Crippen molar-refractivity contribution in [1.29, 1.82) is 0 Å². The first-order valence-electron chi connectivity index (χ1n) is 8.45. The molecule has 0 spiro atoms. The number of likely N-dealkylation sites (tertiary alicyclic amines) is 1. The molecule has 1 aliphatic heterocycles. The van der Waals surface area contributed by atoms with Crippen molar-refractivity contribution in [2.75, 3.05) is 19.6 Å². The molecule has 5 heteroatoms. The summed E-state index contributed by atoms with van der Waals surface area (Å²) in [5.74, 6) is 0.417. The third kappa shape index (κ3) is 4.19. The molecule has 2 aliphatic rings. The second-order valence-corrected chi connectivity index (χ2v) is 6.40. The van der Waals surface area contributed by atoms with Crippen LogP contribution in [0.1, 0.15) is 51.9 Å². The molecule has 2 atom stereocenters. The first-order chi connectivity index (χ1) is 10.1. The summed E-state index contributed by atoms with van der Waals surface area (Å²) < 4.78 is 0. The van der Waals surface area contributed by atoms with E-state index in [4.69, 9.17) is 5.73 Å². The molecule has 3 N–H and O–H groups in total. The van der Waals surface area contributed by atoms with Gasteiger partial charge >= 0.3 is 0 Å². The van der Waals surface area contributed by atoms with Crippen molar-refractivity contribution in [3.63, 3.8) is 0 Å². The summed E-state index contributed by atoms with van der Waals surface area (Å²) in [4.78, 5) is 26.4. The second-order valence-electron chi connectivity index (χ2n) is 6.40. The van der Waals surface area contributed by atoms with Crippen LogP contribution in [0.2, 0.25) is 0 Å². The number of nitrogens with two attached hydrogens (primary N) is 1. The Morgan fingerprint density at radius 2 is 1.76 bits per heavy atom. The number of nitrogens with one attached hydrogen (secondary N) is 1. The SMILES string of the molecule is CCNC(=O)C1CCN(C(=O)C2CCCCCC2N)CC1. The van der Waals surface area contributed by atoms with Crippen molar-refractivity contribution < 1.29 is 9.59 Å². The van der Waals surface area contributed by atoms with Gasteiger partial charge in [-0.15, -0.1) is 0 Å². The highest BCUT2D eigenvalue weighted by molar-refractivity contribution is 5.81. The Morgan fingerprint density at radius 3 is 2.43 bits per heavy atom. The molecule has 0 bridgehead atoms. The van der Waals surface area contributed by atoms with Gasteiger partial charge in [-0.1, -0.05) is 19.3 Å². The summed E-state index contributed by atoms with van der Waals surface area (Å²) in [7, 11) is 0. The first-order valence-corrected chi connectivity index (χ1v) is 8.45. The van der Waals surface area contributed by atoms with E-state index in [1.54, 1.807) is 0 Å². The summed E-state index contributed by atoms with van der Waals surface area (Å²) in [6.45, 7) is 4.01. The second kappa shape index (κ2) is 7.78. The van der Waals surface area contributed by atoms with Crippen molar-refractivity contribution >= 4 is 11.8 Å². The zero-order valence-electron chi connectivity index (χ0n) is 13.1. The van der Waals surface area contributed by atoms with Crippen LogP contribution in [0.4, 0.5) is 0 Å². The quantitative estimate of drug-likeness (QED) is 0.770. The van der Waals surface area contributed by atoms with Gasteiger partial charge in [0, 0.05) is 31.6 Å². The monoisotopic (exact) mass is 295 g/mol. The largest absolute Gasteiger partial charge is 0.356 e. The van der Waals surface area contributed by atoms with Crippen LogP contribution in [0, 0.1) is 11.8 Å². The fraction of sp³-hybridized carbons (Fsp3) is 0.875. The number of carbonyl (C=O) groups excluding carboxylic acids is 2. The zero-order valence-corrected chi connectivity index (χ0v) is 13.1. The van der Waals surface area contributed by atoms with E-state index >= 15 is 0 Å². The Labute approximate surface area is 127 Å². The average Bonchev–Trinajstić information content (AvgIpc) is 2.71. The molecule has 1 aliphatic carbocycles. The van der Waals surface area contributed by atoms with Crippen LogP contribution < -0.4 is 11.1 Å². The Kier molecular flexibility index (Phi) is 6.03. The highest BCUT2D eigenvalue weighted by Gasteiger charge is 2.33. The molecule has 2 fully saturated rings. The molecule has 1 saturated carbocycles. The van der Waals surface area contributed by atoms with E-state index in [2.05, 4.69) is 5.32 Å². The molecular formula is C16H29N3O2. The number of rotatable bonds is 3. The van der Waals surface area contributed by atoms with Gasteiger partial charge in [-0.2, -0.15) is 0 Å². The molecule has 21 heavy (non-hydrogen) atoms. The van der Waals surface area contributed by atoms with E-state index in [0.717, 1.165) is 38.5 Å². The van der Waals surface area contributed by atoms with Gasteiger partial charge in [0.05, 0.1) is 5.92 Å². The average molecular weight is 295 g/mol. The number of hydrogen-bond donors (Lipinski definition) is 2. The van der Waals surface area contributed by atoms with E-state index in [9.17, 15) is 9.59 Å². The minimum Gasteiger partial charge on any atom is -0.356 e. The van der Waals surface area contributed by atoms with Crippen LogP contribution in [-0.2, 0) is 9.59 Å². The summed E-state index contributed by atoms with van der Waals surface area (Å²) in [6.07, 6.45) is 6.89. The fourth-order valence-electron chi connectivity index (χ4n) is 3.56. The fourth-order valence-corrected chi connectivity index (χ4v) is 3.56. The standard InChI is InChI=1S/C16H29N3O2/c1-2-18-15(20)12-8-10-19(11-9-12)16(21)13-6-4-3-5-7-14(13)17/h12-14H,2-11,17H2,1H3,(H,18,20). The van der Waals surface area contributed by atoms with Crippen molar-refractivity contribution in [2.24, 2.45) is 17.6 Å². The molecule has 2 rings (SSSR count). The highest BCUT2D eigenvalue weighted by atomic mass is 16.2. The summed E-state index contributed by atoms with van der Waals surface area (Å²) >= 11 is 0. The summed E-state index contributed by atoms with van der Waals surface area (Å²) in [5.41, 5.74) is 6.19. The predicted octanol–water partition coefficient (Wildman–Crippen LogP) is 1.27. The predicted molar refractivity (Wildman–Crippen MR) is 82.5 cm³/mol. The molecule has 0 aromatic carbocycles. The van der Waals surface area contributed by atoms with Crippen LogP contribution >= 0.6 is 0 Å². The van der Waals surface area contributed by atoms with Gasteiger partial charge in [-0.3, -0.25) is 9.59 Å². The minimum absolute atomic E-state index is 0.00600. The van der Waals surface area contributed by atoms with E-state index in [1.807, 2.05) is 11.8 Å². The highest BCUT2D eigenvalue weighted by Crippen LogP contribution is 2.26. The van der Waals surface area contributed by atoms with Crippen molar-refractivity contribution in [1.82, 2.24) is 10.2 Å².